The summed E-state index contributed by atoms with van der Waals surface area (Å²) < 4.78 is 1.19. The van der Waals surface area contributed by atoms with Gasteiger partial charge < -0.3 is 5.32 Å². The Labute approximate surface area is 129 Å². The normalized spacial score (nSPS) is 17.6. The van der Waals surface area contributed by atoms with Gasteiger partial charge in [0.25, 0.3) is 0 Å². The largest absolute Gasteiger partial charge is 0.382 e. The van der Waals surface area contributed by atoms with Gasteiger partial charge in [-0.3, -0.25) is 0 Å². The zero-order chi connectivity index (χ0) is 13.9. The molecule has 0 saturated carbocycles. The molecule has 1 unspecified atom stereocenters. The maximum Gasteiger partial charge on any atom is 0.0342 e. The predicted molar refractivity (Wildman–Crippen MR) is 89.4 cm³/mol. The van der Waals surface area contributed by atoms with Crippen molar-refractivity contribution in [2.45, 2.75) is 38.6 Å². The average Bonchev–Trinajstić information content (AvgIpc) is 2.48. The van der Waals surface area contributed by atoms with E-state index in [1.54, 1.807) is 0 Å². The van der Waals surface area contributed by atoms with Gasteiger partial charge in [-0.05, 0) is 66.6 Å². The molecule has 2 aromatic carbocycles. The van der Waals surface area contributed by atoms with E-state index >= 15 is 0 Å². The van der Waals surface area contributed by atoms with Gasteiger partial charge in [0.15, 0.2) is 0 Å². The Hall–Kier alpha value is -1.28. The molecule has 3 rings (SSSR count). The van der Waals surface area contributed by atoms with Crippen LogP contribution in [0, 0.1) is 0 Å². The number of hydrogen-bond acceptors (Lipinski definition) is 1. The van der Waals surface area contributed by atoms with E-state index in [0.717, 1.165) is 12.8 Å². The number of halogens is 1. The highest BCUT2D eigenvalue weighted by atomic mass is 79.9. The van der Waals surface area contributed by atoms with Gasteiger partial charge in [0, 0.05) is 16.2 Å². The minimum absolute atomic E-state index is 0.552. The number of hydrogen-bond donors (Lipinski definition) is 1. The summed E-state index contributed by atoms with van der Waals surface area (Å²) in [5.41, 5.74) is 5.63. The molecule has 0 fully saturated rings. The van der Waals surface area contributed by atoms with E-state index in [0.29, 0.717) is 6.04 Å². The highest BCUT2D eigenvalue weighted by molar-refractivity contribution is 9.10. The summed E-state index contributed by atoms with van der Waals surface area (Å²) in [5, 5.41) is 3.68. The van der Waals surface area contributed by atoms with Crippen molar-refractivity contribution in [3.63, 3.8) is 0 Å². The van der Waals surface area contributed by atoms with E-state index < -0.39 is 0 Å². The van der Waals surface area contributed by atoms with Crippen LogP contribution in [0.1, 0.15) is 30.0 Å². The Kier molecular flexibility index (Phi) is 4.11. The van der Waals surface area contributed by atoms with Gasteiger partial charge in [-0.2, -0.15) is 0 Å². The molecule has 0 spiro atoms. The zero-order valence-electron chi connectivity index (χ0n) is 11.8. The first kappa shape index (κ1) is 13.7. The highest BCUT2D eigenvalue weighted by Gasteiger charge is 2.18. The lowest BCUT2D eigenvalue weighted by Gasteiger charge is -2.26. The standard InChI is InChI=1S/C18H20BrN/c1-2-13-3-8-17(9-4-13)20-18-10-6-14-11-16(19)7-5-15(14)12-18/h3-5,7-9,11,18,20H,2,6,10,12H2,1H3. The molecule has 1 atom stereocenters. The number of aryl methyl sites for hydroxylation is 2. The third-order valence-electron chi connectivity index (χ3n) is 4.13. The van der Waals surface area contributed by atoms with Gasteiger partial charge in [-0.25, -0.2) is 0 Å². The fourth-order valence-electron chi connectivity index (χ4n) is 2.92. The van der Waals surface area contributed by atoms with E-state index in [-0.39, 0.29) is 0 Å². The van der Waals surface area contributed by atoms with Crippen LogP contribution in [-0.2, 0) is 19.3 Å². The molecule has 20 heavy (non-hydrogen) atoms. The van der Waals surface area contributed by atoms with Crippen LogP contribution in [0.4, 0.5) is 5.69 Å². The lowest BCUT2D eigenvalue weighted by Crippen LogP contribution is -2.27. The van der Waals surface area contributed by atoms with E-state index in [4.69, 9.17) is 0 Å². The molecule has 1 aliphatic rings. The number of nitrogens with one attached hydrogen (secondary N) is 1. The van der Waals surface area contributed by atoms with Crippen LogP contribution in [0.2, 0.25) is 0 Å². The number of anilines is 1. The van der Waals surface area contributed by atoms with Crippen LogP contribution in [0.25, 0.3) is 0 Å². The second-order valence-electron chi connectivity index (χ2n) is 5.55. The molecule has 0 bridgehead atoms. The number of fused-ring (bicyclic) bond motifs is 1. The first-order chi connectivity index (χ1) is 9.74. The summed E-state index contributed by atoms with van der Waals surface area (Å²) in [4.78, 5) is 0. The summed E-state index contributed by atoms with van der Waals surface area (Å²) in [6.45, 7) is 2.19. The van der Waals surface area contributed by atoms with Crippen molar-refractivity contribution >= 4 is 21.6 Å². The van der Waals surface area contributed by atoms with Crippen molar-refractivity contribution < 1.29 is 0 Å². The second kappa shape index (κ2) is 6.01. The van der Waals surface area contributed by atoms with Crippen molar-refractivity contribution in [1.82, 2.24) is 0 Å². The minimum atomic E-state index is 0.552. The molecule has 0 heterocycles. The summed E-state index contributed by atoms with van der Waals surface area (Å²) in [7, 11) is 0. The van der Waals surface area contributed by atoms with Crippen molar-refractivity contribution in [1.29, 1.82) is 0 Å². The second-order valence-corrected chi connectivity index (χ2v) is 6.46. The summed E-state index contributed by atoms with van der Waals surface area (Å²) >= 11 is 3.56. The number of rotatable bonds is 3. The smallest absolute Gasteiger partial charge is 0.0342 e. The number of benzene rings is 2. The summed E-state index contributed by atoms with van der Waals surface area (Å²) in [6, 6.07) is 16.1. The molecule has 104 valence electrons. The van der Waals surface area contributed by atoms with Gasteiger partial charge >= 0.3 is 0 Å². The van der Waals surface area contributed by atoms with E-state index in [1.165, 1.54) is 39.7 Å². The summed E-state index contributed by atoms with van der Waals surface area (Å²) in [6.07, 6.45) is 4.60. The molecule has 1 nitrogen and oxygen atoms in total. The van der Waals surface area contributed by atoms with Crippen molar-refractivity contribution in [3.05, 3.63) is 63.6 Å². The van der Waals surface area contributed by atoms with E-state index in [9.17, 15) is 0 Å². The molecular weight excluding hydrogens is 310 g/mol. The Morgan fingerprint density at radius 1 is 1.10 bits per heavy atom. The Balaban J connectivity index is 1.69. The molecule has 0 aliphatic heterocycles. The van der Waals surface area contributed by atoms with Crippen LogP contribution in [0.3, 0.4) is 0 Å². The van der Waals surface area contributed by atoms with E-state index in [2.05, 4.69) is 70.6 Å². The first-order valence-corrected chi connectivity index (χ1v) is 8.16. The molecule has 2 aromatic rings. The van der Waals surface area contributed by atoms with Crippen LogP contribution in [0.5, 0.6) is 0 Å². The highest BCUT2D eigenvalue weighted by Crippen LogP contribution is 2.26. The first-order valence-electron chi connectivity index (χ1n) is 7.37. The third kappa shape index (κ3) is 3.06. The maximum atomic E-state index is 3.68. The van der Waals surface area contributed by atoms with Gasteiger partial charge in [-0.15, -0.1) is 0 Å². The average molecular weight is 330 g/mol. The fourth-order valence-corrected chi connectivity index (χ4v) is 3.33. The van der Waals surface area contributed by atoms with Crippen molar-refractivity contribution in [2.24, 2.45) is 0 Å². The molecule has 2 heteroatoms. The maximum absolute atomic E-state index is 3.68. The van der Waals surface area contributed by atoms with Crippen LogP contribution >= 0.6 is 15.9 Å². The van der Waals surface area contributed by atoms with Gasteiger partial charge in [0.2, 0.25) is 0 Å². The molecule has 0 radical (unpaired) electrons. The molecule has 1 aliphatic carbocycles. The molecule has 0 saturated heterocycles. The Morgan fingerprint density at radius 2 is 1.90 bits per heavy atom. The van der Waals surface area contributed by atoms with Crippen LogP contribution in [-0.4, -0.2) is 6.04 Å². The monoisotopic (exact) mass is 329 g/mol. The predicted octanol–water partition coefficient (Wildman–Crippen LogP) is 4.98. The van der Waals surface area contributed by atoms with Gasteiger partial charge in [0.1, 0.15) is 0 Å². The topological polar surface area (TPSA) is 12.0 Å². The van der Waals surface area contributed by atoms with Gasteiger partial charge in [0.05, 0.1) is 0 Å². The molecular formula is C18H20BrN. The van der Waals surface area contributed by atoms with Crippen LogP contribution < -0.4 is 5.32 Å². The lowest BCUT2D eigenvalue weighted by atomic mass is 9.88. The summed E-state index contributed by atoms with van der Waals surface area (Å²) in [5.74, 6) is 0. The van der Waals surface area contributed by atoms with Crippen molar-refractivity contribution in [3.8, 4) is 0 Å². The SMILES string of the molecule is CCc1ccc(NC2CCc3cc(Br)ccc3C2)cc1. The minimum Gasteiger partial charge on any atom is -0.382 e. The Bertz CT molecular complexity index is 589. The molecule has 0 amide bonds. The van der Waals surface area contributed by atoms with E-state index in [1.807, 2.05) is 0 Å². The lowest BCUT2D eigenvalue weighted by molar-refractivity contribution is 0.610. The quantitative estimate of drug-likeness (QED) is 0.837. The fraction of sp³-hybridized carbons (Fsp3) is 0.333. The van der Waals surface area contributed by atoms with Crippen molar-refractivity contribution in [2.75, 3.05) is 5.32 Å². The van der Waals surface area contributed by atoms with Crippen LogP contribution in [0.15, 0.2) is 46.9 Å². The third-order valence-corrected chi connectivity index (χ3v) is 4.62. The molecule has 0 aromatic heterocycles. The zero-order valence-corrected chi connectivity index (χ0v) is 13.4. The Morgan fingerprint density at radius 3 is 2.65 bits per heavy atom. The van der Waals surface area contributed by atoms with Gasteiger partial charge in [-0.1, -0.05) is 41.1 Å². The molecule has 1 N–H and O–H groups in total.